The maximum Gasteiger partial charge on any atom is 0.416 e. The van der Waals surface area contributed by atoms with Crippen LogP contribution < -0.4 is 0 Å². The molecule has 1 aliphatic rings. The second-order valence-corrected chi connectivity index (χ2v) is 9.01. The standard InChI is InChI=1S/C19H21F3N2O5S/c1-12-17(13(2)29-23-12)30(26,27)24-9-7-15(8-10-24)18(25)28-11-14-3-5-16(6-4-14)19(20,21)22/h3-6,15H,7-11H2,1-2H3. The zero-order valence-electron chi connectivity index (χ0n) is 16.4. The highest BCUT2D eigenvalue weighted by molar-refractivity contribution is 7.89. The third kappa shape index (κ3) is 4.67. The highest BCUT2D eigenvalue weighted by Crippen LogP contribution is 2.30. The summed E-state index contributed by atoms with van der Waals surface area (Å²) in [6.45, 7) is 3.22. The van der Waals surface area contributed by atoms with Crippen molar-refractivity contribution in [3.05, 3.63) is 46.8 Å². The molecule has 1 saturated heterocycles. The molecule has 30 heavy (non-hydrogen) atoms. The quantitative estimate of drug-likeness (QED) is 0.654. The van der Waals surface area contributed by atoms with Crippen molar-refractivity contribution in [2.75, 3.05) is 13.1 Å². The number of alkyl halides is 3. The molecule has 1 aromatic heterocycles. The van der Waals surface area contributed by atoms with Gasteiger partial charge in [0.25, 0.3) is 0 Å². The van der Waals surface area contributed by atoms with Crippen LogP contribution in [0, 0.1) is 19.8 Å². The summed E-state index contributed by atoms with van der Waals surface area (Å²) >= 11 is 0. The van der Waals surface area contributed by atoms with E-state index in [1.165, 1.54) is 23.4 Å². The molecule has 0 atom stereocenters. The first-order valence-electron chi connectivity index (χ1n) is 9.26. The molecule has 3 rings (SSSR count). The Balaban J connectivity index is 1.54. The molecule has 11 heteroatoms. The predicted molar refractivity (Wildman–Crippen MR) is 98.7 cm³/mol. The number of aromatic nitrogens is 1. The smallest absolute Gasteiger partial charge is 0.416 e. The van der Waals surface area contributed by atoms with Crippen LogP contribution in [-0.4, -0.2) is 36.9 Å². The number of benzene rings is 1. The largest absolute Gasteiger partial charge is 0.461 e. The minimum absolute atomic E-state index is 0.0471. The van der Waals surface area contributed by atoms with Gasteiger partial charge in [0.1, 0.15) is 17.2 Å². The van der Waals surface area contributed by atoms with Crippen molar-refractivity contribution < 1.29 is 35.6 Å². The Hall–Kier alpha value is -2.40. The number of aryl methyl sites for hydroxylation is 2. The number of halogens is 3. The first-order valence-corrected chi connectivity index (χ1v) is 10.7. The molecule has 0 spiro atoms. The van der Waals surface area contributed by atoms with Gasteiger partial charge in [-0.2, -0.15) is 17.5 Å². The SMILES string of the molecule is Cc1noc(C)c1S(=O)(=O)N1CCC(C(=O)OCc2ccc(C(F)(F)F)cc2)CC1. The normalized spacial score (nSPS) is 16.6. The van der Waals surface area contributed by atoms with Crippen molar-refractivity contribution in [2.45, 2.75) is 44.4 Å². The fourth-order valence-corrected chi connectivity index (χ4v) is 5.13. The van der Waals surface area contributed by atoms with Gasteiger partial charge in [0, 0.05) is 13.1 Å². The summed E-state index contributed by atoms with van der Waals surface area (Å²) in [6.07, 6.45) is -3.85. The van der Waals surface area contributed by atoms with Gasteiger partial charge in [0.05, 0.1) is 11.5 Å². The molecule has 2 aromatic rings. The molecule has 1 fully saturated rings. The third-order valence-corrected chi connectivity index (χ3v) is 7.16. The molecule has 0 aliphatic carbocycles. The molecular formula is C19H21F3N2O5S. The van der Waals surface area contributed by atoms with E-state index >= 15 is 0 Å². The highest BCUT2D eigenvalue weighted by Gasteiger charge is 2.36. The van der Waals surface area contributed by atoms with E-state index in [2.05, 4.69) is 5.16 Å². The number of hydrogen-bond acceptors (Lipinski definition) is 6. The first kappa shape index (κ1) is 22.3. The molecule has 1 aromatic carbocycles. The Morgan fingerprint density at radius 3 is 2.30 bits per heavy atom. The van der Waals surface area contributed by atoms with Crippen LogP contribution in [-0.2, 0) is 32.3 Å². The number of esters is 1. The van der Waals surface area contributed by atoms with E-state index in [0.29, 0.717) is 5.56 Å². The van der Waals surface area contributed by atoms with Gasteiger partial charge in [-0.05, 0) is 44.4 Å². The summed E-state index contributed by atoms with van der Waals surface area (Å²) in [5.41, 5.74) is -0.0511. The van der Waals surface area contributed by atoms with Crippen LogP contribution in [0.4, 0.5) is 13.2 Å². The topological polar surface area (TPSA) is 89.7 Å². The summed E-state index contributed by atoms with van der Waals surface area (Å²) in [5.74, 6) is -0.759. The lowest BCUT2D eigenvalue weighted by Gasteiger charge is -2.30. The molecule has 1 aliphatic heterocycles. The van der Waals surface area contributed by atoms with Crippen LogP contribution in [0.2, 0.25) is 0 Å². The maximum atomic E-state index is 12.8. The average molecular weight is 446 g/mol. The summed E-state index contributed by atoms with van der Waals surface area (Å²) in [7, 11) is -3.77. The number of carbonyl (C=O) groups is 1. The predicted octanol–water partition coefficient (Wildman–Crippen LogP) is 3.45. The lowest BCUT2D eigenvalue weighted by atomic mass is 9.98. The molecule has 0 saturated carbocycles. The van der Waals surface area contributed by atoms with Crippen molar-refractivity contribution in [1.82, 2.24) is 9.46 Å². The van der Waals surface area contributed by atoms with Crippen LogP contribution >= 0.6 is 0 Å². The van der Waals surface area contributed by atoms with Crippen LogP contribution in [0.3, 0.4) is 0 Å². The Labute approximate surface area is 171 Å². The number of ether oxygens (including phenoxy) is 1. The molecule has 2 heterocycles. The van der Waals surface area contributed by atoms with Crippen LogP contribution in [0.5, 0.6) is 0 Å². The molecular weight excluding hydrogens is 425 g/mol. The van der Waals surface area contributed by atoms with Gasteiger partial charge in [-0.1, -0.05) is 17.3 Å². The number of hydrogen-bond donors (Lipinski definition) is 0. The summed E-state index contributed by atoms with van der Waals surface area (Å²) in [6, 6.07) is 4.38. The van der Waals surface area contributed by atoms with Gasteiger partial charge in [-0.15, -0.1) is 0 Å². The molecule has 0 amide bonds. The summed E-state index contributed by atoms with van der Waals surface area (Å²) in [4.78, 5) is 12.3. The van der Waals surface area contributed by atoms with E-state index in [1.54, 1.807) is 6.92 Å². The Morgan fingerprint density at radius 2 is 1.80 bits per heavy atom. The third-order valence-electron chi connectivity index (χ3n) is 5.02. The van der Waals surface area contributed by atoms with E-state index in [9.17, 15) is 26.4 Å². The van der Waals surface area contributed by atoms with E-state index in [1.807, 2.05) is 0 Å². The highest BCUT2D eigenvalue weighted by atomic mass is 32.2. The lowest BCUT2D eigenvalue weighted by molar-refractivity contribution is -0.151. The molecule has 0 N–H and O–H groups in total. The zero-order chi connectivity index (χ0) is 22.1. The molecule has 164 valence electrons. The van der Waals surface area contributed by atoms with Crippen LogP contribution in [0.1, 0.15) is 35.4 Å². The van der Waals surface area contributed by atoms with Crippen molar-refractivity contribution in [2.24, 2.45) is 5.92 Å². The van der Waals surface area contributed by atoms with Gasteiger partial charge < -0.3 is 9.26 Å². The second-order valence-electron chi connectivity index (χ2n) is 7.13. The summed E-state index contributed by atoms with van der Waals surface area (Å²) in [5, 5.41) is 3.68. The second kappa shape index (κ2) is 8.38. The Morgan fingerprint density at radius 1 is 1.20 bits per heavy atom. The van der Waals surface area contributed by atoms with Gasteiger partial charge in [0.15, 0.2) is 5.76 Å². The lowest BCUT2D eigenvalue weighted by Crippen LogP contribution is -2.40. The minimum Gasteiger partial charge on any atom is -0.461 e. The number of sulfonamides is 1. The molecule has 0 unspecified atom stereocenters. The Kier molecular flexibility index (Phi) is 6.23. The summed E-state index contributed by atoms with van der Waals surface area (Å²) < 4.78 is 74.8. The number of nitrogens with zero attached hydrogens (tertiary/aromatic N) is 2. The first-order chi connectivity index (χ1) is 14.0. The van der Waals surface area contributed by atoms with Crippen LogP contribution in [0.15, 0.2) is 33.7 Å². The van der Waals surface area contributed by atoms with E-state index < -0.39 is 33.7 Å². The van der Waals surface area contributed by atoms with Crippen molar-refractivity contribution in [3.8, 4) is 0 Å². The van der Waals surface area contributed by atoms with Crippen molar-refractivity contribution in [3.63, 3.8) is 0 Å². The monoisotopic (exact) mass is 446 g/mol. The van der Waals surface area contributed by atoms with Crippen LogP contribution in [0.25, 0.3) is 0 Å². The van der Waals surface area contributed by atoms with E-state index in [0.717, 1.165) is 12.1 Å². The fourth-order valence-electron chi connectivity index (χ4n) is 3.37. The number of piperidine rings is 1. The zero-order valence-corrected chi connectivity index (χ0v) is 17.2. The minimum atomic E-state index is -4.42. The molecule has 0 radical (unpaired) electrons. The van der Waals surface area contributed by atoms with Gasteiger partial charge in [-0.3, -0.25) is 4.79 Å². The molecule has 0 bridgehead atoms. The van der Waals surface area contributed by atoms with Crippen molar-refractivity contribution in [1.29, 1.82) is 0 Å². The van der Waals surface area contributed by atoms with Gasteiger partial charge in [0.2, 0.25) is 10.0 Å². The van der Waals surface area contributed by atoms with E-state index in [4.69, 9.17) is 9.26 Å². The van der Waals surface area contributed by atoms with E-state index in [-0.39, 0.29) is 48.9 Å². The maximum absolute atomic E-state index is 12.8. The van der Waals surface area contributed by atoms with Gasteiger partial charge >= 0.3 is 12.1 Å². The average Bonchev–Trinajstić information content (AvgIpc) is 3.04. The fraction of sp³-hybridized carbons (Fsp3) is 0.474. The molecule has 7 nitrogen and oxygen atoms in total. The van der Waals surface area contributed by atoms with Crippen molar-refractivity contribution >= 4 is 16.0 Å². The Bertz CT molecular complexity index is 988. The number of carbonyl (C=O) groups excluding carboxylic acids is 1. The number of rotatable bonds is 5. The van der Waals surface area contributed by atoms with Gasteiger partial charge in [-0.25, -0.2) is 8.42 Å².